The van der Waals surface area contributed by atoms with Crippen LogP contribution in [0, 0.1) is 6.92 Å². The van der Waals surface area contributed by atoms with E-state index >= 15 is 0 Å². The van der Waals surface area contributed by atoms with Crippen molar-refractivity contribution in [3.8, 4) is 5.75 Å². The molecule has 0 aliphatic carbocycles. The van der Waals surface area contributed by atoms with Crippen LogP contribution in [0.25, 0.3) is 10.9 Å². The van der Waals surface area contributed by atoms with Gasteiger partial charge in [-0.25, -0.2) is 0 Å². The topological polar surface area (TPSA) is 106 Å². The Morgan fingerprint density at radius 1 is 1.43 bits per heavy atom. The zero-order chi connectivity index (χ0) is 16.4. The van der Waals surface area contributed by atoms with Crippen molar-refractivity contribution in [2.75, 3.05) is 12.8 Å². The summed E-state index contributed by atoms with van der Waals surface area (Å²) in [6, 6.07) is 7.28. The molecule has 23 heavy (non-hydrogen) atoms. The largest absolute Gasteiger partial charge is 0.496 e. The van der Waals surface area contributed by atoms with Gasteiger partial charge in [-0.15, -0.1) is 0 Å². The number of amides is 1. The number of hydrogen-bond donors (Lipinski definition) is 3. The van der Waals surface area contributed by atoms with Gasteiger partial charge in [-0.3, -0.25) is 14.9 Å². The smallest absolute Gasteiger partial charge is 0.257 e. The number of nitrogen functional groups attached to an aromatic ring is 1. The first kappa shape index (κ1) is 14.8. The maximum atomic E-state index is 12.5. The fourth-order valence-corrected chi connectivity index (χ4v) is 2.44. The number of methoxy groups -OCH3 is 1. The fraction of sp³-hybridized carbons (Fsp3) is 0.188. The van der Waals surface area contributed by atoms with E-state index in [4.69, 9.17) is 10.5 Å². The summed E-state index contributed by atoms with van der Waals surface area (Å²) in [7, 11) is 1.51. The summed E-state index contributed by atoms with van der Waals surface area (Å²) >= 11 is 0. The van der Waals surface area contributed by atoms with Gasteiger partial charge in [-0.1, -0.05) is 6.07 Å². The maximum absolute atomic E-state index is 12.5. The summed E-state index contributed by atoms with van der Waals surface area (Å²) in [5, 5.41) is 10.6. The van der Waals surface area contributed by atoms with Gasteiger partial charge in [0.15, 0.2) is 0 Å². The summed E-state index contributed by atoms with van der Waals surface area (Å²) in [6.07, 6.45) is 1.68. The number of aryl methyl sites for hydroxylation is 1. The number of rotatable bonds is 4. The first-order chi connectivity index (χ1) is 11.1. The molecule has 3 aromatic rings. The molecule has 0 saturated heterocycles. The van der Waals surface area contributed by atoms with Crippen LogP contribution in [0.15, 0.2) is 30.5 Å². The van der Waals surface area contributed by atoms with Crippen molar-refractivity contribution < 1.29 is 9.53 Å². The van der Waals surface area contributed by atoms with Crippen molar-refractivity contribution in [1.29, 1.82) is 0 Å². The first-order valence-electron chi connectivity index (χ1n) is 7.11. The number of pyridine rings is 1. The quantitative estimate of drug-likeness (QED) is 0.637. The summed E-state index contributed by atoms with van der Waals surface area (Å²) in [5.74, 6) is 0.0946. The average molecular weight is 311 g/mol. The van der Waals surface area contributed by atoms with Gasteiger partial charge in [0.25, 0.3) is 5.91 Å². The number of nitrogens with two attached hydrogens (primary N) is 1. The Kier molecular flexibility index (Phi) is 3.84. The van der Waals surface area contributed by atoms with E-state index in [-0.39, 0.29) is 5.91 Å². The minimum absolute atomic E-state index is 0.291. The Balaban J connectivity index is 1.94. The first-order valence-corrected chi connectivity index (χ1v) is 7.11. The van der Waals surface area contributed by atoms with Crippen LogP contribution in [0.5, 0.6) is 5.75 Å². The molecule has 0 atom stereocenters. The van der Waals surface area contributed by atoms with Gasteiger partial charge in [-0.2, -0.15) is 5.10 Å². The zero-order valence-corrected chi connectivity index (χ0v) is 12.9. The van der Waals surface area contributed by atoms with Crippen molar-refractivity contribution in [2.24, 2.45) is 0 Å². The summed E-state index contributed by atoms with van der Waals surface area (Å²) < 4.78 is 5.33. The highest BCUT2D eigenvalue weighted by Crippen LogP contribution is 2.33. The van der Waals surface area contributed by atoms with E-state index in [0.29, 0.717) is 29.1 Å². The molecule has 2 heterocycles. The third-order valence-corrected chi connectivity index (χ3v) is 3.66. The second kappa shape index (κ2) is 5.96. The van der Waals surface area contributed by atoms with Gasteiger partial charge in [-0.05, 0) is 25.1 Å². The number of aromatic nitrogens is 3. The molecule has 1 amide bonds. The molecule has 0 saturated carbocycles. The molecule has 0 aliphatic heterocycles. The number of aromatic amines is 1. The van der Waals surface area contributed by atoms with E-state index in [0.717, 1.165) is 16.8 Å². The van der Waals surface area contributed by atoms with Crippen LogP contribution in [-0.4, -0.2) is 28.2 Å². The second-order valence-corrected chi connectivity index (χ2v) is 5.10. The van der Waals surface area contributed by atoms with E-state index in [1.807, 2.05) is 25.1 Å². The normalized spacial score (nSPS) is 10.7. The van der Waals surface area contributed by atoms with E-state index in [2.05, 4.69) is 20.5 Å². The molecular weight excluding hydrogens is 294 g/mol. The average Bonchev–Trinajstić information content (AvgIpc) is 2.95. The number of ether oxygens (including phenoxy) is 1. The number of nitrogens with zero attached hydrogens (tertiary/aromatic N) is 2. The zero-order valence-electron chi connectivity index (χ0n) is 12.9. The summed E-state index contributed by atoms with van der Waals surface area (Å²) in [4.78, 5) is 16.7. The lowest BCUT2D eigenvalue weighted by molar-refractivity contribution is 0.0948. The third-order valence-electron chi connectivity index (χ3n) is 3.66. The minimum Gasteiger partial charge on any atom is -0.496 e. The Hall–Kier alpha value is -3.09. The molecule has 0 bridgehead atoms. The van der Waals surface area contributed by atoms with Crippen molar-refractivity contribution in [3.05, 3.63) is 47.4 Å². The lowest BCUT2D eigenvalue weighted by Crippen LogP contribution is -2.25. The van der Waals surface area contributed by atoms with Crippen LogP contribution < -0.4 is 15.8 Å². The second-order valence-electron chi connectivity index (χ2n) is 5.10. The van der Waals surface area contributed by atoms with Crippen molar-refractivity contribution in [2.45, 2.75) is 13.5 Å². The molecule has 0 spiro atoms. The van der Waals surface area contributed by atoms with Crippen LogP contribution >= 0.6 is 0 Å². The number of hydrogen-bond acceptors (Lipinski definition) is 5. The van der Waals surface area contributed by atoms with Crippen LogP contribution in [-0.2, 0) is 6.54 Å². The number of carbonyl (C=O) groups is 1. The van der Waals surface area contributed by atoms with Crippen LogP contribution in [0.4, 0.5) is 5.69 Å². The van der Waals surface area contributed by atoms with Gasteiger partial charge in [0.05, 0.1) is 36.2 Å². The van der Waals surface area contributed by atoms with Gasteiger partial charge >= 0.3 is 0 Å². The molecule has 2 aromatic heterocycles. The van der Waals surface area contributed by atoms with E-state index in [1.165, 1.54) is 7.11 Å². The predicted molar refractivity (Wildman–Crippen MR) is 87.2 cm³/mol. The Bertz CT molecular complexity index is 858. The lowest BCUT2D eigenvalue weighted by Gasteiger charge is -2.12. The standard InChI is InChI=1S/C16H17N5O2/c1-9-11-7-12(23-2)13(14(17)15(11)21-20-9)16(22)19-8-10-5-3-4-6-18-10/h3-7H,8,17H2,1-2H3,(H,19,22)(H,20,21). The van der Waals surface area contributed by atoms with E-state index < -0.39 is 0 Å². The number of carbonyl (C=O) groups excluding carboxylic acids is 1. The number of benzene rings is 1. The predicted octanol–water partition coefficient (Wildman–Crippen LogP) is 1.79. The van der Waals surface area contributed by atoms with Crippen LogP contribution in [0.2, 0.25) is 0 Å². The van der Waals surface area contributed by atoms with E-state index in [1.54, 1.807) is 12.3 Å². The Morgan fingerprint density at radius 2 is 2.26 bits per heavy atom. The maximum Gasteiger partial charge on any atom is 0.257 e. The molecule has 0 fully saturated rings. The van der Waals surface area contributed by atoms with Gasteiger partial charge in [0.1, 0.15) is 11.3 Å². The van der Waals surface area contributed by atoms with Crippen molar-refractivity contribution >= 4 is 22.5 Å². The Morgan fingerprint density at radius 3 is 2.96 bits per heavy atom. The Labute approximate surface area is 132 Å². The molecular formula is C16H17N5O2. The number of H-pyrrole nitrogens is 1. The van der Waals surface area contributed by atoms with Crippen LogP contribution in [0.1, 0.15) is 21.7 Å². The minimum atomic E-state index is -0.320. The molecule has 0 radical (unpaired) electrons. The molecule has 3 rings (SSSR count). The van der Waals surface area contributed by atoms with Gasteiger partial charge < -0.3 is 15.8 Å². The number of fused-ring (bicyclic) bond motifs is 1. The molecule has 4 N–H and O–H groups in total. The SMILES string of the molecule is COc1cc2c(C)n[nH]c2c(N)c1C(=O)NCc1ccccn1. The highest BCUT2D eigenvalue weighted by molar-refractivity contribution is 6.09. The monoisotopic (exact) mass is 311 g/mol. The molecule has 7 heteroatoms. The summed E-state index contributed by atoms with van der Waals surface area (Å²) in [5.41, 5.74) is 8.95. The summed E-state index contributed by atoms with van der Waals surface area (Å²) in [6.45, 7) is 2.17. The van der Waals surface area contributed by atoms with Gasteiger partial charge in [0, 0.05) is 11.6 Å². The van der Waals surface area contributed by atoms with Crippen molar-refractivity contribution in [3.63, 3.8) is 0 Å². The molecule has 118 valence electrons. The highest BCUT2D eigenvalue weighted by Gasteiger charge is 2.20. The molecule has 1 aromatic carbocycles. The van der Waals surface area contributed by atoms with Crippen molar-refractivity contribution in [1.82, 2.24) is 20.5 Å². The van der Waals surface area contributed by atoms with Crippen LogP contribution in [0.3, 0.4) is 0 Å². The third kappa shape index (κ3) is 2.68. The molecule has 7 nitrogen and oxygen atoms in total. The number of nitrogens with one attached hydrogen (secondary N) is 2. The highest BCUT2D eigenvalue weighted by atomic mass is 16.5. The van der Waals surface area contributed by atoms with E-state index in [9.17, 15) is 4.79 Å². The van der Waals surface area contributed by atoms with Gasteiger partial charge in [0.2, 0.25) is 0 Å². The molecule has 0 aliphatic rings. The fourth-order valence-electron chi connectivity index (χ4n) is 2.44. The molecule has 0 unspecified atom stereocenters. The lowest BCUT2D eigenvalue weighted by atomic mass is 10.1. The number of anilines is 1.